The van der Waals surface area contributed by atoms with Gasteiger partial charge in [0.1, 0.15) is 12.4 Å². The van der Waals surface area contributed by atoms with Crippen molar-refractivity contribution in [3.63, 3.8) is 0 Å². The number of aliphatic hydroxyl groups excluding tert-OH is 1. The van der Waals surface area contributed by atoms with Crippen LogP contribution in [-0.2, 0) is 10.0 Å². The summed E-state index contributed by atoms with van der Waals surface area (Å²) in [7, 11) is -3.95. The molecule has 3 rings (SSSR count). The summed E-state index contributed by atoms with van der Waals surface area (Å²) in [6.45, 7) is 1.37. The first kappa shape index (κ1) is 21.3. The minimum atomic E-state index is -3.95. The van der Waals surface area contributed by atoms with Gasteiger partial charge in [-0.05, 0) is 48.9 Å². The van der Waals surface area contributed by atoms with Crippen LogP contribution >= 0.6 is 23.2 Å². The Labute approximate surface area is 178 Å². The summed E-state index contributed by atoms with van der Waals surface area (Å²) in [5, 5.41) is 10.0. The lowest BCUT2D eigenvalue weighted by Crippen LogP contribution is -2.16. The van der Waals surface area contributed by atoms with Crippen molar-refractivity contribution < 1.29 is 18.3 Å². The molecule has 2 N–H and O–H groups in total. The van der Waals surface area contributed by atoms with Gasteiger partial charge in [0.05, 0.1) is 17.1 Å². The fourth-order valence-corrected chi connectivity index (χ4v) is 3.81. The van der Waals surface area contributed by atoms with E-state index in [0.29, 0.717) is 27.0 Å². The van der Waals surface area contributed by atoms with Crippen molar-refractivity contribution in [3.05, 3.63) is 64.4 Å². The monoisotopic (exact) mass is 453 g/mol. The molecule has 0 aliphatic heterocycles. The molecule has 0 aliphatic rings. The van der Waals surface area contributed by atoms with Crippen molar-refractivity contribution in [2.45, 2.75) is 11.8 Å². The normalized spacial score (nSPS) is 11.3. The van der Waals surface area contributed by atoms with Crippen LogP contribution in [0.2, 0.25) is 10.0 Å². The number of anilines is 1. The first-order valence-electron chi connectivity index (χ1n) is 8.47. The molecule has 0 radical (unpaired) electrons. The maximum Gasteiger partial charge on any atom is 0.263 e. The topological polar surface area (TPSA) is 101 Å². The Kier molecular flexibility index (Phi) is 6.59. The van der Waals surface area contributed by atoms with Gasteiger partial charge in [-0.25, -0.2) is 13.4 Å². The number of hydrogen-bond acceptors (Lipinski definition) is 6. The highest BCUT2D eigenvalue weighted by atomic mass is 35.5. The van der Waals surface area contributed by atoms with Gasteiger partial charge in [0, 0.05) is 10.0 Å². The van der Waals surface area contributed by atoms with E-state index in [9.17, 15) is 8.42 Å². The number of hydrogen-bond donors (Lipinski definition) is 2. The molecule has 0 saturated carbocycles. The van der Waals surface area contributed by atoms with Gasteiger partial charge in [-0.1, -0.05) is 35.3 Å². The number of aromatic nitrogens is 2. The molecule has 2 aromatic carbocycles. The van der Waals surface area contributed by atoms with Crippen molar-refractivity contribution in [2.75, 3.05) is 17.9 Å². The SMILES string of the molecule is Cc1nc(NS(=O)(=O)c2ccc(Cl)cc2)c(-c2ccc(Cl)cc2)c(OCCO)n1. The molecular formula is C19H17Cl2N3O4S. The van der Waals surface area contributed by atoms with Gasteiger partial charge in [0.25, 0.3) is 10.0 Å². The molecule has 0 amide bonds. The number of rotatable bonds is 7. The first-order valence-corrected chi connectivity index (χ1v) is 10.7. The molecule has 152 valence electrons. The number of aliphatic hydroxyl groups is 1. The second kappa shape index (κ2) is 8.96. The molecule has 7 nitrogen and oxygen atoms in total. The summed E-state index contributed by atoms with van der Waals surface area (Å²) in [6, 6.07) is 12.5. The average molecular weight is 454 g/mol. The molecule has 1 aromatic heterocycles. The second-order valence-electron chi connectivity index (χ2n) is 5.94. The van der Waals surface area contributed by atoms with Gasteiger partial charge in [0.2, 0.25) is 5.88 Å². The highest BCUT2D eigenvalue weighted by Crippen LogP contribution is 2.36. The van der Waals surface area contributed by atoms with Gasteiger partial charge >= 0.3 is 0 Å². The Morgan fingerprint density at radius 2 is 1.59 bits per heavy atom. The van der Waals surface area contributed by atoms with Crippen LogP contribution in [0.25, 0.3) is 11.1 Å². The van der Waals surface area contributed by atoms with Gasteiger partial charge in [-0.3, -0.25) is 4.72 Å². The van der Waals surface area contributed by atoms with Crippen LogP contribution in [0.4, 0.5) is 5.82 Å². The van der Waals surface area contributed by atoms with Crippen LogP contribution in [-0.4, -0.2) is 36.7 Å². The maximum atomic E-state index is 12.9. The summed E-state index contributed by atoms with van der Waals surface area (Å²) < 4.78 is 33.8. The molecule has 3 aromatic rings. The maximum absolute atomic E-state index is 12.9. The van der Waals surface area contributed by atoms with Crippen LogP contribution in [0.3, 0.4) is 0 Å². The van der Waals surface area contributed by atoms with Gasteiger partial charge in [-0.2, -0.15) is 4.98 Å². The number of ether oxygens (including phenoxy) is 1. The van der Waals surface area contributed by atoms with E-state index >= 15 is 0 Å². The fraction of sp³-hybridized carbons (Fsp3) is 0.158. The molecule has 0 unspecified atom stereocenters. The first-order chi connectivity index (χ1) is 13.8. The van der Waals surface area contributed by atoms with Crippen molar-refractivity contribution in [1.82, 2.24) is 9.97 Å². The minimum Gasteiger partial charge on any atom is -0.475 e. The predicted octanol–water partition coefficient (Wildman–Crippen LogP) is 3.93. The average Bonchev–Trinajstić information content (AvgIpc) is 2.67. The third-order valence-electron chi connectivity index (χ3n) is 3.81. The summed E-state index contributed by atoms with van der Waals surface area (Å²) in [4.78, 5) is 8.55. The largest absolute Gasteiger partial charge is 0.475 e. The summed E-state index contributed by atoms with van der Waals surface area (Å²) in [6.07, 6.45) is 0. The van der Waals surface area contributed by atoms with E-state index < -0.39 is 10.0 Å². The number of halogens is 2. The van der Waals surface area contributed by atoms with E-state index in [2.05, 4.69) is 14.7 Å². The Morgan fingerprint density at radius 3 is 2.17 bits per heavy atom. The smallest absolute Gasteiger partial charge is 0.263 e. The summed E-state index contributed by atoms with van der Waals surface area (Å²) >= 11 is 11.8. The molecule has 0 bridgehead atoms. The van der Waals surface area contributed by atoms with E-state index in [1.54, 1.807) is 31.2 Å². The predicted molar refractivity (Wildman–Crippen MR) is 112 cm³/mol. The van der Waals surface area contributed by atoms with E-state index in [1.807, 2.05) is 0 Å². The quantitative estimate of drug-likeness (QED) is 0.561. The molecule has 0 spiro atoms. The molecular weight excluding hydrogens is 437 g/mol. The Bertz CT molecular complexity index is 1110. The minimum absolute atomic E-state index is 0.0135. The van der Waals surface area contributed by atoms with Gasteiger partial charge in [-0.15, -0.1) is 0 Å². The van der Waals surface area contributed by atoms with E-state index in [4.69, 9.17) is 33.0 Å². The Morgan fingerprint density at radius 1 is 1.00 bits per heavy atom. The second-order valence-corrected chi connectivity index (χ2v) is 8.49. The van der Waals surface area contributed by atoms with Crippen LogP contribution < -0.4 is 9.46 Å². The lowest BCUT2D eigenvalue weighted by molar-refractivity contribution is 0.197. The van der Waals surface area contributed by atoms with E-state index in [1.165, 1.54) is 24.3 Å². The number of nitrogens with zero attached hydrogens (tertiary/aromatic N) is 2. The van der Waals surface area contributed by atoms with Crippen LogP contribution in [0.5, 0.6) is 5.88 Å². The van der Waals surface area contributed by atoms with Crippen molar-refractivity contribution >= 4 is 39.0 Å². The van der Waals surface area contributed by atoms with Crippen molar-refractivity contribution in [2.24, 2.45) is 0 Å². The zero-order valence-electron chi connectivity index (χ0n) is 15.3. The summed E-state index contributed by atoms with van der Waals surface area (Å²) in [5.74, 6) is 0.481. The number of benzene rings is 2. The lowest BCUT2D eigenvalue weighted by Gasteiger charge is -2.16. The van der Waals surface area contributed by atoms with Crippen LogP contribution in [0, 0.1) is 6.92 Å². The number of sulfonamides is 1. The van der Waals surface area contributed by atoms with E-state index in [-0.39, 0.29) is 29.8 Å². The Balaban J connectivity index is 2.12. The summed E-state index contributed by atoms with van der Waals surface area (Å²) in [5.41, 5.74) is 0.925. The zero-order chi connectivity index (χ0) is 21.0. The van der Waals surface area contributed by atoms with Gasteiger partial charge < -0.3 is 9.84 Å². The van der Waals surface area contributed by atoms with E-state index in [0.717, 1.165) is 0 Å². The van der Waals surface area contributed by atoms with Gasteiger partial charge in [0.15, 0.2) is 5.82 Å². The highest BCUT2D eigenvalue weighted by Gasteiger charge is 2.22. The number of aryl methyl sites for hydroxylation is 1. The molecule has 0 fully saturated rings. The number of nitrogens with one attached hydrogen (secondary N) is 1. The van der Waals surface area contributed by atoms with Crippen LogP contribution in [0.1, 0.15) is 5.82 Å². The molecule has 0 aliphatic carbocycles. The molecule has 0 saturated heterocycles. The molecule has 29 heavy (non-hydrogen) atoms. The highest BCUT2D eigenvalue weighted by molar-refractivity contribution is 7.92. The molecule has 10 heteroatoms. The van der Waals surface area contributed by atoms with Crippen molar-refractivity contribution in [3.8, 4) is 17.0 Å². The standard InChI is InChI=1S/C19H17Cl2N3O4S/c1-12-22-18(24-29(26,27)16-8-6-15(21)7-9-16)17(19(23-12)28-11-10-25)13-2-4-14(20)5-3-13/h2-9,25H,10-11H2,1H3,(H,22,23,24). The Hall–Kier alpha value is -2.39. The third kappa shape index (κ3) is 5.16. The molecule has 0 atom stereocenters. The van der Waals surface area contributed by atoms with Crippen molar-refractivity contribution in [1.29, 1.82) is 0 Å². The fourth-order valence-electron chi connectivity index (χ4n) is 2.54. The van der Waals surface area contributed by atoms with Crippen LogP contribution in [0.15, 0.2) is 53.4 Å². The zero-order valence-corrected chi connectivity index (χ0v) is 17.6. The third-order valence-corrected chi connectivity index (χ3v) is 5.66. The molecule has 1 heterocycles. The lowest BCUT2D eigenvalue weighted by atomic mass is 10.1.